The van der Waals surface area contributed by atoms with Crippen molar-refractivity contribution in [2.75, 3.05) is 30.1 Å². The Morgan fingerprint density at radius 3 is 2.96 bits per heavy atom. The zero-order valence-corrected chi connectivity index (χ0v) is 17.0. The quantitative estimate of drug-likeness (QED) is 0.557. The van der Waals surface area contributed by atoms with Crippen molar-refractivity contribution in [1.29, 1.82) is 0 Å². The predicted octanol–water partition coefficient (Wildman–Crippen LogP) is 4.53. The van der Waals surface area contributed by atoms with E-state index in [9.17, 15) is 4.79 Å². The number of nitrogens with one attached hydrogen (secondary N) is 2. The van der Waals surface area contributed by atoms with E-state index in [0.717, 1.165) is 39.9 Å². The van der Waals surface area contributed by atoms with E-state index in [1.54, 1.807) is 18.4 Å². The molecule has 0 fully saturated rings. The number of anilines is 2. The van der Waals surface area contributed by atoms with Crippen LogP contribution in [0.25, 0.3) is 0 Å². The van der Waals surface area contributed by atoms with Gasteiger partial charge in [0.15, 0.2) is 5.11 Å². The molecule has 0 saturated heterocycles. The van der Waals surface area contributed by atoms with Gasteiger partial charge in [-0.25, -0.2) is 4.79 Å². The van der Waals surface area contributed by atoms with Gasteiger partial charge in [0.05, 0.1) is 19.3 Å². The van der Waals surface area contributed by atoms with Gasteiger partial charge in [0, 0.05) is 22.4 Å². The van der Waals surface area contributed by atoms with E-state index in [2.05, 4.69) is 10.6 Å². The van der Waals surface area contributed by atoms with Crippen LogP contribution in [0.4, 0.5) is 10.7 Å². The molecule has 0 saturated carbocycles. The van der Waals surface area contributed by atoms with Gasteiger partial charge in [-0.15, -0.1) is 11.3 Å². The summed E-state index contributed by atoms with van der Waals surface area (Å²) >= 11 is 8.89. The number of esters is 1. The van der Waals surface area contributed by atoms with E-state index in [-0.39, 0.29) is 5.97 Å². The summed E-state index contributed by atoms with van der Waals surface area (Å²) in [6, 6.07) is 7.51. The summed E-state index contributed by atoms with van der Waals surface area (Å²) < 4.78 is 10.5. The molecule has 2 aromatic rings. The van der Waals surface area contributed by atoms with E-state index >= 15 is 0 Å². The van der Waals surface area contributed by atoms with Gasteiger partial charge >= 0.3 is 5.97 Å². The highest BCUT2D eigenvalue weighted by molar-refractivity contribution is 7.98. The van der Waals surface area contributed by atoms with Gasteiger partial charge in [0.25, 0.3) is 0 Å². The number of benzene rings is 1. The second-order valence-electron chi connectivity index (χ2n) is 5.54. The Hall–Kier alpha value is -1.77. The number of carbonyl (C=O) groups excluding carboxylic acids is 1. The molecule has 2 heterocycles. The summed E-state index contributed by atoms with van der Waals surface area (Å²) in [6.07, 6.45) is 0.877. The number of methoxy groups -OCH3 is 1. The van der Waals surface area contributed by atoms with Crippen molar-refractivity contribution in [3.8, 4) is 5.75 Å². The molecular weight excluding hydrogens is 388 g/mol. The Balaban J connectivity index is 1.80. The Morgan fingerprint density at radius 2 is 2.19 bits per heavy atom. The molecular formula is C18H20N2O3S3. The summed E-state index contributed by atoms with van der Waals surface area (Å²) in [4.78, 5) is 13.7. The fraction of sp³-hybridized carbons (Fsp3) is 0.333. The minimum atomic E-state index is -0.288. The topological polar surface area (TPSA) is 59.6 Å². The van der Waals surface area contributed by atoms with Crippen molar-refractivity contribution in [2.24, 2.45) is 0 Å². The number of thiophene rings is 1. The molecule has 138 valence electrons. The third-order valence-corrected chi connectivity index (χ3v) is 6.37. The smallest absolute Gasteiger partial charge is 0.341 e. The average Bonchev–Trinajstić information content (AvgIpc) is 2.99. The van der Waals surface area contributed by atoms with Crippen LogP contribution in [0, 0.1) is 0 Å². The lowest BCUT2D eigenvalue weighted by Gasteiger charge is -2.13. The van der Waals surface area contributed by atoms with Crippen LogP contribution in [0.2, 0.25) is 0 Å². The molecule has 3 rings (SSSR count). The second-order valence-corrected chi connectivity index (χ2v) is 8.16. The summed E-state index contributed by atoms with van der Waals surface area (Å²) in [5.41, 5.74) is 2.54. The van der Waals surface area contributed by atoms with Gasteiger partial charge in [-0.2, -0.15) is 11.8 Å². The Morgan fingerprint density at radius 1 is 1.35 bits per heavy atom. The first-order valence-corrected chi connectivity index (χ1v) is 10.6. The molecule has 1 aromatic heterocycles. The van der Waals surface area contributed by atoms with Crippen LogP contribution in [0.1, 0.15) is 27.7 Å². The highest BCUT2D eigenvalue weighted by atomic mass is 32.2. The fourth-order valence-corrected chi connectivity index (χ4v) is 5.36. The Labute approximate surface area is 166 Å². The van der Waals surface area contributed by atoms with Crippen molar-refractivity contribution < 1.29 is 14.3 Å². The maximum atomic E-state index is 12.5. The van der Waals surface area contributed by atoms with Crippen molar-refractivity contribution in [2.45, 2.75) is 19.1 Å². The lowest BCUT2D eigenvalue weighted by atomic mass is 10.1. The first-order valence-electron chi connectivity index (χ1n) is 8.23. The van der Waals surface area contributed by atoms with E-state index in [1.165, 1.54) is 4.88 Å². The van der Waals surface area contributed by atoms with Gasteiger partial charge in [-0.05, 0) is 49.0 Å². The van der Waals surface area contributed by atoms with Crippen molar-refractivity contribution in [3.63, 3.8) is 0 Å². The Bertz CT molecular complexity index is 820. The molecule has 2 N–H and O–H groups in total. The number of fused-ring (bicyclic) bond motifs is 1. The largest absolute Gasteiger partial charge is 0.497 e. The van der Waals surface area contributed by atoms with E-state index in [0.29, 0.717) is 17.3 Å². The molecule has 0 atom stereocenters. The number of rotatable bonds is 5. The minimum absolute atomic E-state index is 0.288. The van der Waals surface area contributed by atoms with Gasteiger partial charge in [0.2, 0.25) is 0 Å². The molecule has 26 heavy (non-hydrogen) atoms. The van der Waals surface area contributed by atoms with Gasteiger partial charge in [0.1, 0.15) is 10.8 Å². The summed E-state index contributed by atoms with van der Waals surface area (Å²) in [7, 11) is 1.62. The molecule has 0 radical (unpaired) electrons. The lowest BCUT2D eigenvalue weighted by molar-refractivity contribution is 0.0527. The highest BCUT2D eigenvalue weighted by Gasteiger charge is 2.27. The van der Waals surface area contributed by atoms with Gasteiger partial charge < -0.3 is 20.1 Å². The molecule has 1 aliphatic heterocycles. The predicted molar refractivity (Wildman–Crippen MR) is 113 cm³/mol. The number of hydrogen-bond donors (Lipinski definition) is 2. The number of hydrogen-bond acceptors (Lipinski definition) is 6. The zero-order chi connectivity index (χ0) is 18.5. The minimum Gasteiger partial charge on any atom is -0.497 e. The van der Waals surface area contributed by atoms with Gasteiger partial charge in [-0.3, -0.25) is 0 Å². The van der Waals surface area contributed by atoms with E-state index in [4.69, 9.17) is 21.7 Å². The molecule has 0 unspecified atom stereocenters. The average molecular weight is 409 g/mol. The van der Waals surface area contributed by atoms with Crippen molar-refractivity contribution in [3.05, 3.63) is 40.3 Å². The highest BCUT2D eigenvalue weighted by Crippen LogP contribution is 2.40. The van der Waals surface area contributed by atoms with Crippen LogP contribution in [-0.2, 0) is 16.9 Å². The maximum Gasteiger partial charge on any atom is 0.341 e. The molecule has 0 spiro atoms. The number of ether oxygens (including phenoxy) is 2. The van der Waals surface area contributed by atoms with Crippen LogP contribution in [0.3, 0.4) is 0 Å². The van der Waals surface area contributed by atoms with Crippen molar-refractivity contribution in [1.82, 2.24) is 0 Å². The van der Waals surface area contributed by atoms with E-state index < -0.39 is 0 Å². The van der Waals surface area contributed by atoms with Gasteiger partial charge in [-0.1, -0.05) is 6.07 Å². The Kier molecular flexibility index (Phi) is 6.39. The fourth-order valence-electron chi connectivity index (χ4n) is 2.71. The van der Waals surface area contributed by atoms with E-state index in [1.807, 2.05) is 43.0 Å². The SMILES string of the molecule is CCOC(=O)c1c(NC(=S)Nc2cccc(OC)c2)sc2c1CCSC2. The monoisotopic (exact) mass is 408 g/mol. The van der Waals surface area contributed by atoms with Crippen LogP contribution < -0.4 is 15.4 Å². The first kappa shape index (κ1) is 19.0. The number of carbonyl (C=O) groups is 1. The van der Waals surface area contributed by atoms with Crippen LogP contribution >= 0.6 is 35.3 Å². The molecule has 0 aliphatic carbocycles. The lowest BCUT2D eigenvalue weighted by Crippen LogP contribution is -2.20. The maximum absolute atomic E-state index is 12.5. The molecule has 1 aromatic carbocycles. The first-order chi connectivity index (χ1) is 12.6. The molecule has 0 bridgehead atoms. The summed E-state index contributed by atoms with van der Waals surface area (Å²) in [5, 5.41) is 7.49. The number of thiocarbonyl (C=S) groups is 1. The normalized spacial score (nSPS) is 12.8. The van der Waals surface area contributed by atoms with Crippen LogP contribution in [0.15, 0.2) is 24.3 Å². The van der Waals surface area contributed by atoms with Crippen molar-refractivity contribution >= 4 is 57.1 Å². The molecule has 0 amide bonds. The molecule has 1 aliphatic rings. The molecule has 5 nitrogen and oxygen atoms in total. The number of thioether (sulfide) groups is 1. The zero-order valence-electron chi connectivity index (χ0n) is 14.6. The summed E-state index contributed by atoms with van der Waals surface area (Å²) in [6.45, 7) is 2.17. The second kappa shape index (κ2) is 8.75. The molecule has 8 heteroatoms. The van der Waals surface area contributed by atoms with Crippen LogP contribution in [-0.4, -0.2) is 30.6 Å². The third-order valence-electron chi connectivity index (χ3n) is 3.85. The summed E-state index contributed by atoms with van der Waals surface area (Å²) in [5.74, 6) is 2.39. The third kappa shape index (κ3) is 4.31. The standard InChI is InChI=1S/C18H20N2O3S3/c1-3-23-17(21)15-13-7-8-25-10-14(13)26-16(15)20-18(24)19-11-5-4-6-12(9-11)22-2/h4-6,9H,3,7-8,10H2,1-2H3,(H2,19,20,24). The van der Waals surface area contributed by atoms with Crippen LogP contribution in [0.5, 0.6) is 5.75 Å².